The second-order valence-electron chi connectivity index (χ2n) is 8.65. The number of aliphatic hydroxyl groups is 10. The Balaban J connectivity index is 1.70. The van der Waals surface area contributed by atoms with E-state index in [4.69, 9.17) is 23.7 Å². The Bertz CT molecular complexity index is 637. The van der Waals surface area contributed by atoms with Gasteiger partial charge in [-0.1, -0.05) is 0 Å². The first-order valence-electron chi connectivity index (χ1n) is 10.9. The van der Waals surface area contributed by atoms with Crippen molar-refractivity contribution in [2.24, 2.45) is 0 Å². The molecular formula is C19H34O15. The molecule has 10 N–H and O–H groups in total. The molecular weight excluding hydrogens is 468 g/mol. The Morgan fingerprint density at radius 1 is 0.500 bits per heavy atom. The van der Waals surface area contributed by atoms with E-state index in [9.17, 15) is 51.1 Å². The number of ether oxygens (including phenoxy) is 5. The molecule has 3 rings (SSSR count). The topological polar surface area (TPSA) is 248 Å². The summed E-state index contributed by atoms with van der Waals surface area (Å²) >= 11 is 0. The summed E-state index contributed by atoms with van der Waals surface area (Å²) in [5, 5.41) is 99.9. The molecule has 34 heavy (non-hydrogen) atoms. The molecule has 3 fully saturated rings. The van der Waals surface area contributed by atoms with Crippen LogP contribution < -0.4 is 0 Å². The van der Waals surface area contributed by atoms with Gasteiger partial charge in [0.1, 0.15) is 73.2 Å². The lowest BCUT2D eigenvalue weighted by Gasteiger charge is -2.48. The van der Waals surface area contributed by atoms with E-state index in [1.807, 2.05) is 0 Å². The van der Waals surface area contributed by atoms with Crippen molar-refractivity contribution in [1.29, 1.82) is 0 Å². The van der Waals surface area contributed by atoms with Crippen LogP contribution in [0.5, 0.6) is 0 Å². The van der Waals surface area contributed by atoms with Gasteiger partial charge in [0.15, 0.2) is 12.6 Å². The van der Waals surface area contributed by atoms with Crippen molar-refractivity contribution in [2.45, 2.75) is 98.9 Å². The van der Waals surface area contributed by atoms with E-state index >= 15 is 0 Å². The monoisotopic (exact) mass is 502 g/mol. The summed E-state index contributed by atoms with van der Waals surface area (Å²) in [4.78, 5) is 0. The van der Waals surface area contributed by atoms with Crippen LogP contribution >= 0.6 is 0 Å². The lowest BCUT2D eigenvalue weighted by molar-refractivity contribution is -0.372. The lowest BCUT2D eigenvalue weighted by Crippen LogP contribution is -2.66. The molecule has 15 nitrogen and oxygen atoms in total. The smallest absolute Gasteiger partial charge is 0.187 e. The zero-order valence-corrected chi connectivity index (χ0v) is 18.3. The molecule has 0 spiro atoms. The standard InChI is InChI=1S/C19H34O15/c1-5-16(12(26)10(24)6(2-20)30-5)33-19-15(29)13(27)17(8(4-22)32-19)34-18-14(28)11(25)9(23)7(3-21)31-18/h5-29H,2-4H2,1H3/t5-,6?,7?,8?,9-,10-,11+,12+,13-,14?,15?,16?,17-,18+,19-/m1/s1. The summed E-state index contributed by atoms with van der Waals surface area (Å²) in [5.41, 5.74) is 0. The number of hydrogen-bond donors (Lipinski definition) is 10. The minimum atomic E-state index is -1.82. The van der Waals surface area contributed by atoms with Gasteiger partial charge in [-0.3, -0.25) is 0 Å². The Morgan fingerprint density at radius 3 is 1.47 bits per heavy atom. The first-order chi connectivity index (χ1) is 16.0. The maximum Gasteiger partial charge on any atom is 0.187 e. The molecule has 15 heteroatoms. The predicted octanol–water partition coefficient (Wildman–Crippen LogP) is -6.50. The summed E-state index contributed by atoms with van der Waals surface area (Å²) in [6.07, 6.45) is -22.5. The Kier molecular flexibility index (Phi) is 9.57. The highest BCUT2D eigenvalue weighted by atomic mass is 16.7. The van der Waals surface area contributed by atoms with Crippen LogP contribution in [0.4, 0.5) is 0 Å². The van der Waals surface area contributed by atoms with Crippen LogP contribution in [0.25, 0.3) is 0 Å². The van der Waals surface area contributed by atoms with E-state index in [-0.39, 0.29) is 0 Å². The van der Waals surface area contributed by atoms with E-state index in [1.54, 1.807) is 0 Å². The minimum Gasteiger partial charge on any atom is -0.394 e. The van der Waals surface area contributed by atoms with Crippen molar-refractivity contribution in [3.05, 3.63) is 0 Å². The molecule has 0 radical (unpaired) electrons. The van der Waals surface area contributed by atoms with Gasteiger partial charge < -0.3 is 74.7 Å². The zero-order valence-electron chi connectivity index (χ0n) is 18.3. The molecule has 3 saturated heterocycles. The second-order valence-corrected chi connectivity index (χ2v) is 8.65. The van der Waals surface area contributed by atoms with Gasteiger partial charge in [-0.2, -0.15) is 0 Å². The lowest BCUT2D eigenvalue weighted by atomic mass is 9.94. The highest BCUT2D eigenvalue weighted by Gasteiger charge is 2.52. The van der Waals surface area contributed by atoms with Gasteiger partial charge in [0.25, 0.3) is 0 Å². The van der Waals surface area contributed by atoms with E-state index < -0.39 is 112 Å². The van der Waals surface area contributed by atoms with Gasteiger partial charge in [0.2, 0.25) is 0 Å². The summed E-state index contributed by atoms with van der Waals surface area (Å²) in [6, 6.07) is 0. The third-order valence-corrected chi connectivity index (χ3v) is 6.35. The second kappa shape index (κ2) is 11.6. The molecule has 3 heterocycles. The fraction of sp³-hybridized carbons (Fsp3) is 1.00. The largest absolute Gasteiger partial charge is 0.394 e. The summed E-state index contributed by atoms with van der Waals surface area (Å²) < 4.78 is 27.1. The van der Waals surface area contributed by atoms with Crippen LogP contribution in [0.1, 0.15) is 6.92 Å². The van der Waals surface area contributed by atoms with Gasteiger partial charge in [0, 0.05) is 0 Å². The molecule has 0 aliphatic carbocycles. The van der Waals surface area contributed by atoms with Crippen molar-refractivity contribution in [1.82, 2.24) is 0 Å². The molecule has 0 aromatic heterocycles. The van der Waals surface area contributed by atoms with Crippen LogP contribution in [0, 0.1) is 0 Å². The van der Waals surface area contributed by atoms with Gasteiger partial charge in [-0.25, -0.2) is 0 Å². The minimum absolute atomic E-state index is 0.555. The molecule has 0 saturated carbocycles. The molecule has 0 aromatic rings. The molecule has 0 aromatic carbocycles. The molecule has 15 atom stereocenters. The molecule has 6 unspecified atom stereocenters. The van der Waals surface area contributed by atoms with Crippen LogP contribution in [0.3, 0.4) is 0 Å². The first kappa shape index (κ1) is 28.0. The summed E-state index contributed by atoms with van der Waals surface area (Å²) in [7, 11) is 0. The number of rotatable bonds is 7. The average molecular weight is 502 g/mol. The van der Waals surface area contributed by atoms with Crippen molar-refractivity contribution >= 4 is 0 Å². The van der Waals surface area contributed by atoms with Crippen LogP contribution in [-0.2, 0) is 23.7 Å². The fourth-order valence-electron chi connectivity index (χ4n) is 4.29. The SMILES string of the molecule is C[C@H]1OC(CO)[C@@H](O)[C@H](O)C1O[C@H]1OC(CO)[C@@H](O[C@@H]2OC(CO)[C@@H](O)[C@H](O)C2O)[C@H](O)C1O. The van der Waals surface area contributed by atoms with Crippen LogP contribution in [-0.4, -0.2) is 163 Å². The summed E-state index contributed by atoms with van der Waals surface area (Å²) in [5.74, 6) is 0. The molecule has 3 aliphatic rings. The van der Waals surface area contributed by atoms with E-state index in [0.717, 1.165) is 0 Å². The van der Waals surface area contributed by atoms with Gasteiger partial charge in [-0.15, -0.1) is 0 Å². The Hall–Kier alpha value is -0.600. The van der Waals surface area contributed by atoms with Gasteiger partial charge in [-0.05, 0) is 6.92 Å². The third kappa shape index (κ3) is 5.39. The Morgan fingerprint density at radius 2 is 0.912 bits per heavy atom. The highest BCUT2D eigenvalue weighted by molar-refractivity contribution is 4.96. The number of aliphatic hydroxyl groups excluding tert-OH is 10. The van der Waals surface area contributed by atoms with E-state index in [2.05, 4.69) is 0 Å². The zero-order chi connectivity index (χ0) is 25.3. The summed E-state index contributed by atoms with van der Waals surface area (Å²) in [6.45, 7) is -0.549. The van der Waals surface area contributed by atoms with Crippen molar-refractivity contribution in [3.63, 3.8) is 0 Å². The van der Waals surface area contributed by atoms with Gasteiger partial charge >= 0.3 is 0 Å². The van der Waals surface area contributed by atoms with Crippen molar-refractivity contribution in [2.75, 3.05) is 19.8 Å². The van der Waals surface area contributed by atoms with Crippen LogP contribution in [0.2, 0.25) is 0 Å². The Labute approximate surface area is 194 Å². The van der Waals surface area contributed by atoms with Crippen LogP contribution in [0.15, 0.2) is 0 Å². The van der Waals surface area contributed by atoms with E-state index in [0.29, 0.717) is 0 Å². The molecule has 200 valence electrons. The molecule has 0 bridgehead atoms. The molecule has 0 amide bonds. The fourth-order valence-corrected chi connectivity index (χ4v) is 4.29. The first-order valence-corrected chi connectivity index (χ1v) is 10.9. The van der Waals surface area contributed by atoms with Crippen molar-refractivity contribution < 1.29 is 74.7 Å². The third-order valence-electron chi connectivity index (χ3n) is 6.35. The van der Waals surface area contributed by atoms with E-state index in [1.165, 1.54) is 6.92 Å². The maximum atomic E-state index is 10.6. The quantitative estimate of drug-likeness (QED) is 0.155. The highest BCUT2D eigenvalue weighted by Crippen LogP contribution is 2.32. The number of hydrogen-bond acceptors (Lipinski definition) is 15. The predicted molar refractivity (Wildman–Crippen MR) is 105 cm³/mol. The normalized spacial score (nSPS) is 52.5. The van der Waals surface area contributed by atoms with Crippen molar-refractivity contribution in [3.8, 4) is 0 Å². The van der Waals surface area contributed by atoms with Gasteiger partial charge in [0.05, 0.1) is 25.9 Å². The maximum absolute atomic E-state index is 10.6. The molecule has 3 aliphatic heterocycles. The average Bonchev–Trinajstić information content (AvgIpc) is 2.83.